The maximum absolute atomic E-state index is 12.5. The molecular weight excluding hydrogens is 472 g/mol. The van der Waals surface area contributed by atoms with Crippen molar-refractivity contribution in [3.63, 3.8) is 0 Å². The van der Waals surface area contributed by atoms with Crippen LogP contribution in [0.2, 0.25) is 5.02 Å². The maximum atomic E-state index is 12.5. The highest BCUT2D eigenvalue weighted by molar-refractivity contribution is 7.14. The summed E-state index contributed by atoms with van der Waals surface area (Å²) in [5, 5.41) is 3.64. The molecule has 0 atom stereocenters. The summed E-state index contributed by atoms with van der Waals surface area (Å²) in [6.07, 6.45) is 1.70. The van der Waals surface area contributed by atoms with Crippen molar-refractivity contribution in [2.45, 2.75) is 47.6 Å². The number of hydrogen-bond donors (Lipinski definition) is 0. The lowest BCUT2D eigenvalue weighted by molar-refractivity contribution is -0.144. The number of aryl methyl sites for hydroxylation is 4. The van der Waals surface area contributed by atoms with Gasteiger partial charge in [-0.3, -0.25) is 14.5 Å². The van der Waals surface area contributed by atoms with E-state index in [9.17, 15) is 9.59 Å². The first-order valence-corrected chi connectivity index (χ1v) is 12.0. The number of anilines is 2. The Morgan fingerprint density at radius 2 is 1.82 bits per heavy atom. The predicted molar refractivity (Wildman–Crippen MR) is 135 cm³/mol. The number of aromatic nitrogens is 1. The summed E-state index contributed by atoms with van der Waals surface area (Å²) in [6.45, 7) is 9.38. The molecule has 0 spiro atoms. The van der Waals surface area contributed by atoms with Crippen LogP contribution in [0.5, 0.6) is 0 Å². The Balaban J connectivity index is 1.47. The quantitative estimate of drug-likeness (QED) is 0.276. The van der Waals surface area contributed by atoms with Crippen molar-refractivity contribution >= 4 is 56.6 Å². The largest absolute Gasteiger partial charge is 0.464 e. The van der Waals surface area contributed by atoms with Crippen LogP contribution in [0.4, 0.5) is 10.8 Å². The molecule has 6 nitrogen and oxygen atoms in total. The molecule has 0 saturated heterocycles. The number of carbonyl (C=O) groups is 2. The van der Waals surface area contributed by atoms with Gasteiger partial charge in [0.1, 0.15) is 12.2 Å². The minimum Gasteiger partial charge on any atom is -0.464 e. The Morgan fingerprint density at radius 3 is 2.53 bits per heavy atom. The highest BCUT2D eigenvalue weighted by atomic mass is 35.5. The molecule has 4 rings (SSSR count). The Hall–Kier alpha value is -3.16. The highest BCUT2D eigenvalue weighted by Crippen LogP contribution is 2.37. The molecule has 2 heterocycles. The van der Waals surface area contributed by atoms with E-state index < -0.39 is 0 Å². The standard InChI is InChI=1S/C26H25ClN2O4S/c1-14-6-17(4)25(22(27)7-14)29(18(5)30)26-28-20(13-34-26)12-33-24(31)10-19-11-32-23-9-16(3)15(2)8-21(19)23/h6-9,11,13H,10,12H2,1-5H3. The zero-order valence-electron chi connectivity index (χ0n) is 19.7. The highest BCUT2D eigenvalue weighted by Gasteiger charge is 2.23. The van der Waals surface area contributed by atoms with E-state index >= 15 is 0 Å². The van der Waals surface area contributed by atoms with E-state index in [-0.39, 0.29) is 24.9 Å². The first-order chi connectivity index (χ1) is 16.1. The van der Waals surface area contributed by atoms with Gasteiger partial charge in [-0.15, -0.1) is 11.3 Å². The van der Waals surface area contributed by atoms with Crippen LogP contribution in [-0.2, 0) is 27.4 Å². The summed E-state index contributed by atoms with van der Waals surface area (Å²) in [7, 11) is 0. The SMILES string of the molecule is CC(=O)N(c1nc(COC(=O)Cc2coc3cc(C)c(C)cc23)cs1)c1c(C)cc(C)cc1Cl. The van der Waals surface area contributed by atoms with Gasteiger partial charge < -0.3 is 9.15 Å². The smallest absolute Gasteiger partial charge is 0.310 e. The normalized spacial score (nSPS) is 11.1. The number of thiazole rings is 1. The zero-order chi connectivity index (χ0) is 24.6. The molecule has 0 fully saturated rings. The summed E-state index contributed by atoms with van der Waals surface area (Å²) >= 11 is 7.76. The summed E-state index contributed by atoms with van der Waals surface area (Å²) < 4.78 is 11.1. The maximum Gasteiger partial charge on any atom is 0.310 e. The lowest BCUT2D eigenvalue weighted by atomic mass is 10.0. The molecule has 176 valence electrons. The van der Waals surface area contributed by atoms with Crippen LogP contribution < -0.4 is 4.90 Å². The second-order valence-corrected chi connectivity index (χ2v) is 9.66. The third-order valence-electron chi connectivity index (χ3n) is 5.65. The molecule has 0 bridgehead atoms. The second kappa shape index (κ2) is 9.60. The monoisotopic (exact) mass is 496 g/mol. The lowest BCUT2D eigenvalue weighted by Crippen LogP contribution is -2.24. The first kappa shape index (κ1) is 24.0. The number of esters is 1. The number of halogens is 1. The number of ether oxygens (including phenoxy) is 1. The molecule has 8 heteroatoms. The minimum atomic E-state index is -0.378. The summed E-state index contributed by atoms with van der Waals surface area (Å²) in [5.41, 5.74) is 6.87. The molecule has 34 heavy (non-hydrogen) atoms. The number of amides is 1. The topological polar surface area (TPSA) is 72.6 Å². The van der Waals surface area contributed by atoms with E-state index in [2.05, 4.69) is 4.98 Å². The molecule has 0 saturated carbocycles. The van der Waals surface area contributed by atoms with E-state index in [1.807, 2.05) is 52.0 Å². The van der Waals surface area contributed by atoms with Gasteiger partial charge >= 0.3 is 5.97 Å². The Morgan fingerprint density at radius 1 is 1.09 bits per heavy atom. The van der Waals surface area contributed by atoms with Gasteiger partial charge in [0.25, 0.3) is 0 Å². The number of hydrogen-bond acceptors (Lipinski definition) is 6. The van der Waals surface area contributed by atoms with Gasteiger partial charge in [0, 0.05) is 23.3 Å². The number of furan rings is 1. The molecule has 0 aliphatic rings. The fraction of sp³-hybridized carbons (Fsp3) is 0.269. The lowest BCUT2D eigenvalue weighted by Gasteiger charge is -2.22. The van der Waals surface area contributed by atoms with Crippen molar-refractivity contribution in [1.29, 1.82) is 0 Å². The van der Waals surface area contributed by atoms with Gasteiger partial charge in [-0.1, -0.05) is 17.7 Å². The minimum absolute atomic E-state index is 0.00953. The van der Waals surface area contributed by atoms with Crippen molar-refractivity contribution < 1.29 is 18.7 Å². The van der Waals surface area contributed by atoms with Gasteiger partial charge in [-0.2, -0.15) is 0 Å². The van der Waals surface area contributed by atoms with Crippen molar-refractivity contribution in [1.82, 2.24) is 4.98 Å². The fourth-order valence-corrected chi connectivity index (χ4v) is 5.14. The van der Waals surface area contributed by atoms with Gasteiger partial charge in [0.05, 0.1) is 29.1 Å². The van der Waals surface area contributed by atoms with Crippen molar-refractivity contribution in [3.05, 3.63) is 74.4 Å². The van der Waals surface area contributed by atoms with E-state index in [4.69, 9.17) is 20.8 Å². The van der Waals surface area contributed by atoms with Crippen LogP contribution in [0.25, 0.3) is 11.0 Å². The summed E-state index contributed by atoms with van der Waals surface area (Å²) in [6, 6.07) is 7.78. The van der Waals surface area contributed by atoms with E-state index in [1.165, 1.54) is 23.2 Å². The molecule has 0 radical (unpaired) electrons. The van der Waals surface area contributed by atoms with Gasteiger partial charge in [0.2, 0.25) is 5.91 Å². The Kier molecular flexibility index (Phi) is 6.77. The van der Waals surface area contributed by atoms with Crippen molar-refractivity contribution in [3.8, 4) is 0 Å². The Bertz CT molecular complexity index is 1380. The number of rotatable bonds is 6. The van der Waals surface area contributed by atoms with Gasteiger partial charge in [0.15, 0.2) is 5.13 Å². The Labute approximate surface area is 207 Å². The zero-order valence-corrected chi connectivity index (χ0v) is 21.3. The number of fused-ring (bicyclic) bond motifs is 1. The van der Waals surface area contributed by atoms with Crippen molar-refractivity contribution in [2.24, 2.45) is 0 Å². The molecule has 0 unspecified atom stereocenters. The van der Waals surface area contributed by atoms with Gasteiger partial charge in [-0.05, 0) is 68.1 Å². The fourth-order valence-electron chi connectivity index (χ4n) is 3.88. The number of nitrogens with zero attached hydrogens (tertiary/aromatic N) is 2. The third kappa shape index (κ3) is 4.86. The average molecular weight is 497 g/mol. The average Bonchev–Trinajstić information content (AvgIpc) is 3.36. The summed E-state index contributed by atoms with van der Waals surface area (Å²) in [4.78, 5) is 31.0. The van der Waals surface area contributed by atoms with Crippen LogP contribution in [0.3, 0.4) is 0 Å². The van der Waals surface area contributed by atoms with Crippen LogP contribution in [0.1, 0.15) is 40.4 Å². The third-order valence-corrected chi connectivity index (χ3v) is 6.82. The summed E-state index contributed by atoms with van der Waals surface area (Å²) in [5.74, 6) is -0.583. The molecule has 0 N–H and O–H groups in total. The molecule has 1 amide bonds. The van der Waals surface area contributed by atoms with Crippen molar-refractivity contribution in [2.75, 3.05) is 4.90 Å². The molecule has 0 aliphatic heterocycles. The number of carbonyl (C=O) groups excluding carboxylic acids is 2. The van der Waals surface area contributed by atoms with Crippen LogP contribution in [0, 0.1) is 27.7 Å². The molecular formula is C26H25ClN2O4S. The first-order valence-electron chi connectivity index (χ1n) is 10.8. The van der Waals surface area contributed by atoms with E-state index in [0.717, 1.165) is 38.8 Å². The molecule has 2 aromatic heterocycles. The molecule has 0 aliphatic carbocycles. The van der Waals surface area contributed by atoms with E-state index in [0.29, 0.717) is 21.5 Å². The van der Waals surface area contributed by atoms with Gasteiger partial charge in [-0.25, -0.2) is 4.98 Å². The second-order valence-electron chi connectivity index (χ2n) is 8.42. The predicted octanol–water partition coefficient (Wildman–Crippen LogP) is 6.75. The number of benzene rings is 2. The van der Waals surface area contributed by atoms with Crippen LogP contribution in [-0.4, -0.2) is 16.9 Å². The van der Waals surface area contributed by atoms with Crippen LogP contribution >= 0.6 is 22.9 Å². The van der Waals surface area contributed by atoms with Crippen LogP contribution in [0.15, 0.2) is 40.3 Å². The molecule has 4 aromatic rings. The van der Waals surface area contributed by atoms with E-state index in [1.54, 1.807) is 11.6 Å². The molecule has 2 aromatic carbocycles.